The van der Waals surface area contributed by atoms with Gasteiger partial charge in [-0.05, 0) is 30.3 Å². The summed E-state index contributed by atoms with van der Waals surface area (Å²) in [6, 6.07) is 16.2. The summed E-state index contributed by atoms with van der Waals surface area (Å²) in [5.41, 5.74) is 0.644. The molecule has 5 rings (SSSR count). The van der Waals surface area contributed by atoms with Crippen molar-refractivity contribution in [3.05, 3.63) is 106 Å². The number of halogens is 3. The summed E-state index contributed by atoms with van der Waals surface area (Å²) >= 11 is 0. The minimum Gasteiger partial charge on any atom is -0.457 e. The molecule has 0 aliphatic rings. The average Bonchev–Trinajstić information content (AvgIpc) is 3.33. The monoisotopic (exact) mass is 533 g/mol. The minimum absolute atomic E-state index is 0.0139. The molecule has 12 heteroatoms. The number of para-hydroxylation sites is 1. The Bertz CT molecular complexity index is 1730. The van der Waals surface area contributed by atoms with Gasteiger partial charge in [0.15, 0.2) is 0 Å². The zero-order chi connectivity index (χ0) is 27.7. The van der Waals surface area contributed by atoms with Gasteiger partial charge in [-0.1, -0.05) is 24.3 Å². The predicted molar refractivity (Wildman–Crippen MR) is 137 cm³/mol. The van der Waals surface area contributed by atoms with Gasteiger partial charge in [-0.15, -0.1) is 0 Å². The van der Waals surface area contributed by atoms with Crippen molar-refractivity contribution < 1.29 is 27.6 Å². The van der Waals surface area contributed by atoms with Gasteiger partial charge in [0.25, 0.3) is 11.6 Å². The summed E-state index contributed by atoms with van der Waals surface area (Å²) < 4.78 is 46.4. The van der Waals surface area contributed by atoms with Crippen LogP contribution in [0, 0.1) is 10.1 Å². The number of nitro groups is 1. The normalized spacial score (nSPS) is 11.4. The number of hydrogen-bond acceptors (Lipinski definition) is 6. The van der Waals surface area contributed by atoms with Gasteiger partial charge in [-0.3, -0.25) is 19.6 Å². The molecule has 0 saturated carbocycles. The van der Waals surface area contributed by atoms with Crippen molar-refractivity contribution in [1.29, 1.82) is 0 Å². The van der Waals surface area contributed by atoms with Crippen LogP contribution in [-0.4, -0.2) is 25.6 Å². The third kappa shape index (κ3) is 5.54. The maximum atomic E-state index is 13.4. The number of nitro benzene ring substituents is 1. The van der Waals surface area contributed by atoms with E-state index in [1.807, 2.05) is 0 Å². The van der Waals surface area contributed by atoms with E-state index in [0.717, 1.165) is 30.3 Å². The summed E-state index contributed by atoms with van der Waals surface area (Å²) in [5.74, 6) is -0.887. The molecule has 0 radical (unpaired) electrons. The van der Waals surface area contributed by atoms with E-state index in [0.29, 0.717) is 22.2 Å². The molecule has 2 heterocycles. The molecule has 196 valence electrons. The fourth-order valence-electron chi connectivity index (χ4n) is 3.95. The molecule has 1 amide bonds. The van der Waals surface area contributed by atoms with E-state index in [4.69, 9.17) is 4.74 Å². The van der Waals surface area contributed by atoms with Crippen LogP contribution in [0.2, 0.25) is 0 Å². The first-order valence-electron chi connectivity index (χ1n) is 11.4. The van der Waals surface area contributed by atoms with Crippen LogP contribution < -0.4 is 10.1 Å². The van der Waals surface area contributed by atoms with Gasteiger partial charge in [0.05, 0.1) is 45.2 Å². The Labute approximate surface area is 218 Å². The number of benzene rings is 3. The molecule has 9 nitrogen and oxygen atoms in total. The lowest BCUT2D eigenvalue weighted by Gasteiger charge is -2.12. The lowest BCUT2D eigenvalue weighted by atomic mass is 10.0. The Balaban J connectivity index is 1.50. The number of fused-ring (bicyclic) bond motifs is 1. The zero-order valence-corrected chi connectivity index (χ0v) is 20.1. The molecule has 5 aromatic rings. The number of carbonyl (C=O) groups excluding carboxylic acids is 1. The highest BCUT2D eigenvalue weighted by Gasteiger charge is 2.30. The highest BCUT2D eigenvalue weighted by atomic mass is 19.4. The first-order valence-corrected chi connectivity index (χ1v) is 11.4. The van der Waals surface area contributed by atoms with E-state index >= 15 is 0 Å². The number of carbonyl (C=O) groups is 1. The number of aromatic nitrogens is 3. The maximum Gasteiger partial charge on any atom is 0.416 e. The van der Waals surface area contributed by atoms with Crippen LogP contribution in [0.1, 0.15) is 15.9 Å². The van der Waals surface area contributed by atoms with Gasteiger partial charge < -0.3 is 10.1 Å². The Morgan fingerprint density at radius 3 is 2.54 bits per heavy atom. The van der Waals surface area contributed by atoms with Crippen LogP contribution in [0.15, 0.2) is 85.2 Å². The van der Waals surface area contributed by atoms with Crippen molar-refractivity contribution in [3.8, 4) is 22.8 Å². The second-order valence-electron chi connectivity index (χ2n) is 8.53. The SMILES string of the molecule is Cn1cc(-c2cc(C(=O)Nc3cc(Oc4cccc(C(F)(F)F)c4)cc([N+](=O)[O-])c3)c3ccccc3n2)cn1. The van der Waals surface area contributed by atoms with Crippen LogP contribution >= 0.6 is 0 Å². The van der Waals surface area contributed by atoms with Gasteiger partial charge in [0.1, 0.15) is 11.5 Å². The third-order valence-corrected chi connectivity index (χ3v) is 5.72. The lowest BCUT2D eigenvalue weighted by Crippen LogP contribution is -2.13. The first kappa shape index (κ1) is 25.4. The number of nitrogens with one attached hydrogen (secondary N) is 1. The number of anilines is 1. The van der Waals surface area contributed by atoms with Crippen molar-refractivity contribution >= 4 is 28.2 Å². The minimum atomic E-state index is -4.59. The zero-order valence-electron chi connectivity index (χ0n) is 20.1. The number of nitrogens with zero attached hydrogens (tertiary/aromatic N) is 4. The molecule has 2 aromatic heterocycles. The molecule has 0 spiro atoms. The molecule has 0 unspecified atom stereocenters. The van der Waals surface area contributed by atoms with Crippen LogP contribution in [-0.2, 0) is 13.2 Å². The summed E-state index contributed by atoms with van der Waals surface area (Å²) in [7, 11) is 1.75. The van der Waals surface area contributed by atoms with Gasteiger partial charge in [0.2, 0.25) is 0 Å². The number of hydrogen-bond donors (Lipinski definition) is 1. The molecule has 0 aliphatic heterocycles. The topological polar surface area (TPSA) is 112 Å². The average molecular weight is 533 g/mol. The molecule has 0 fully saturated rings. The maximum absolute atomic E-state index is 13.4. The second-order valence-corrected chi connectivity index (χ2v) is 8.53. The number of amides is 1. The van der Waals surface area contributed by atoms with E-state index in [1.54, 1.807) is 54.5 Å². The fraction of sp³-hybridized carbons (Fsp3) is 0.0741. The summed E-state index contributed by atoms with van der Waals surface area (Å²) in [5, 5.41) is 18.9. The number of pyridine rings is 1. The first-order chi connectivity index (χ1) is 18.6. The van der Waals surface area contributed by atoms with Gasteiger partial charge in [-0.25, -0.2) is 4.98 Å². The quantitative estimate of drug-likeness (QED) is 0.194. The van der Waals surface area contributed by atoms with E-state index in [-0.39, 0.29) is 22.7 Å². The molecule has 1 N–H and O–H groups in total. The third-order valence-electron chi connectivity index (χ3n) is 5.72. The standard InChI is InChI=1S/C27H18F3N5O4/c1-34-15-16(14-31-34)25-13-23(22-7-2-3-8-24(22)33-25)26(36)32-18-10-19(35(37)38)12-21(11-18)39-20-6-4-5-17(9-20)27(28,29)30/h2-15H,1H3,(H,32,36). The van der Waals surface area contributed by atoms with Crippen molar-refractivity contribution in [2.75, 3.05) is 5.32 Å². The van der Waals surface area contributed by atoms with Gasteiger partial charge >= 0.3 is 6.18 Å². The number of rotatable bonds is 6. The second kappa shape index (κ2) is 9.89. The predicted octanol–water partition coefficient (Wildman–Crippen LogP) is 6.61. The molecular weight excluding hydrogens is 515 g/mol. The fourth-order valence-corrected chi connectivity index (χ4v) is 3.95. The molecule has 0 bridgehead atoms. The van der Waals surface area contributed by atoms with Crippen molar-refractivity contribution in [2.24, 2.45) is 7.05 Å². The number of non-ortho nitro benzene ring substituents is 1. The highest BCUT2D eigenvalue weighted by Crippen LogP contribution is 2.35. The summed E-state index contributed by atoms with van der Waals surface area (Å²) in [4.78, 5) is 28.9. The van der Waals surface area contributed by atoms with Crippen LogP contribution in [0.4, 0.5) is 24.5 Å². The number of aryl methyl sites for hydroxylation is 1. The Hall–Kier alpha value is -5.26. The Morgan fingerprint density at radius 1 is 1.03 bits per heavy atom. The molecular formula is C27H18F3N5O4. The van der Waals surface area contributed by atoms with E-state index < -0.39 is 28.3 Å². The summed E-state index contributed by atoms with van der Waals surface area (Å²) in [6.07, 6.45) is -1.24. The van der Waals surface area contributed by atoms with Gasteiger partial charge in [-0.2, -0.15) is 18.3 Å². The van der Waals surface area contributed by atoms with Crippen LogP contribution in [0.25, 0.3) is 22.2 Å². The molecule has 3 aromatic carbocycles. The molecule has 0 atom stereocenters. The van der Waals surface area contributed by atoms with Crippen molar-refractivity contribution in [2.45, 2.75) is 6.18 Å². The summed E-state index contributed by atoms with van der Waals surface area (Å²) in [6.45, 7) is 0. The van der Waals surface area contributed by atoms with Crippen molar-refractivity contribution in [3.63, 3.8) is 0 Å². The number of ether oxygens (including phenoxy) is 1. The highest BCUT2D eigenvalue weighted by molar-refractivity contribution is 6.13. The lowest BCUT2D eigenvalue weighted by molar-refractivity contribution is -0.384. The van der Waals surface area contributed by atoms with E-state index in [2.05, 4.69) is 15.4 Å². The van der Waals surface area contributed by atoms with Crippen molar-refractivity contribution in [1.82, 2.24) is 14.8 Å². The molecule has 0 saturated heterocycles. The smallest absolute Gasteiger partial charge is 0.416 e. The van der Waals surface area contributed by atoms with Gasteiger partial charge in [0, 0.05) is 36.3 Å². The van der Waals surface area contributed by atoms with E-state index in [1.165, 1.54) is 12.1 Å². The molecule has 39 heavy (non-hydrogen) atoms. The Morgan fingerprint density at radius 2 is 1.82 bits per heavy atom. The molecule has 0 aliphatic carbocycles. The largest absolute Gasteiger partial charge is 0.457 e. The van der Waals surface area contributed by atoms with E-state index in [9.17, 15) is 28.1 Å². The van der Waals surface area contributed by atoms with Crippen LogP contribution in [0.3, 0.4) is 0 Å². The number of alkyl halides is 3. The Kier molecular flexibility index (Phi) is 6.44. The van der Waals surface area contributed by atoms with Crippen LogP contribution in [0.5, 0.6) is 11.5 Å².